The van der Waals surface area contributed by atoms with Crippen molar-refractivity contribution in [3.8, 4) is 0 Å². The number of nitrogens with one attached hydrogen (secondary N) is 2. The van der Waals surface area contributed by atoms with Crippen molar-refractivity contribution < 1.29 is 23.1 Å². The number of aliphatic hydroxyl groups excluding tert-OH is 1. The minimum atomic E-state index is -4.59. The average Bonchev–Trinajstić information content (AvgIpc) is 2.96. The van der Waals surface area contributed by atoms with Gasteiger partial charge in [-0.15, -0.1) is 10.2 Å². The smallest absolute Gasteiger partial charge is 0.388 e. The lowest BCUT2D eigenvalue weighted by atomic mass is 10.1. The molecule has 6 nitrogen and oxygen atoms in total. The van der Waals surface area contributed by atoms with Crippen LogP contribution >= 0.6 is 11.3 Å². The van der Waals surface area contributed by atoms with Crippen molar-refractivity contribution in [2.24, 2.45) is 0 Å². The van der Waals surface area contributed by atoms with Crippen molar-refractivity contribution in [3.63, 3.8) is 0 Å². The standard InChI is InChI=1S/C13H13F3N4O2S/c14-13(15,16)10-19-20-12(23-10)18-11(22)17-7-6-9(21)8-4-2-1-3-5-8/h1-5,9,21H,6-7H2,(H2,17,18,20,22). The van der Waals surface area contributed by atoms with Gasteiger partial charge in [-0.1, -0.05) is 41.7 Å². The van der Waals surface area contributed by atoms with Gasteiger partial charge in [0.15, 0.2) is 0 Å². The lowest BCUT2D eigenvalue weighted by Gasteiger charge is -2.11. The number of amides is 2. The minimum absolute atomic E-state index is 0.146. The number of urea groups is 1. The Hall–Kier alpha value is -2.20. The van der Waals surface area contributed by atoms with E-state index < -0.39 is 23.3 Å². The van der Waals surface area contributed by atoms with E-state index in [0.717, 1.165) is 0 Å². The van der Waals surface area contributed by atoms with Crippen LogP contribution in [0.1, 0.15) is 23.1 Å². The van der Waals surface area contributed by atoms with Gasteiger partial charge in [0.25, 0.3) is 0 Å². The third-order valence-electron chi connectivity index (χ3n) is 2.78. The van der Waals surface area contributed by atoms with E-state index in [1.54, 1.807) is 24.3 Å². The molecule has 1 aromatic heterocycles. The van der Waals surface area contributed by atoms with Gasteiger partial charge in [0.05, 0.1) is 6.10 Å². The fourth-order valence-electron chi connectivity index (χ4n) is 1.69. The van der Waals surface area contributed by atoms with Crippen LogP contribution in [-0.4, -0.2) is 27.9 Å². The van der Waals surface area contributed by atoms with E-state index in [2.05, 4.69) is 20.8 Å². The van der Waals surface area contributed by atoms with Crippen LogP contribution < -0.4 is 10.6 Å². The van der Waals surface area contributed by atoms with Crippen LogP contribution in [0.25, 0.3) is 0 Å². The zero-order chi connectivity index (χ0) is 16.9. The monoisotopic (exact) mass is 346 g/mol. The van der Waals surface area contributed by atoms with Gasteiger partial charge in [-0.3, -0.25) is 5.32 Å². The number of nitrogens with zero attached hydrogens (tertiary/aromatic N) is 2. The largest absolute Gasteiger partial charge is 0.445 e. The highest BCUT2D eigenvalue weighted by atomic mass is 32.1. The Kier molecular flexibility index (Phi) is 5.50. The molecule has 0 saturated carbocycles. The minimum Gasteiger partial charge on any atom is -0.388 e. The van der Waals surface area contributed by atoms with Gasteiger partial charge in [0.2, 0.25) is 10.1 Å². The number of hydrogen-bond donors (Lipinski definition) is 3. The van der Waals surface area contributed by atoms with Crippen LogP contribution in [-0.2, 0) is 6.18 Å². The van der Waals surface area contributed by atoms with E-state index >= 15 is 0 Å². The van der Waals surface area contributed by atoms with Gasteiger partial charge in [-0.05, 0) is 12.0 Å². The number of anilines is 1. The topological polar surface area (TPSA) is 87.1 Å². The molecule has 2 aromatic rings. The molecule has 0 fully saturated rings. The van der Waals surface area contributed by atoms with Crippen molar-refractivity contribution in [2.75, 3.05) is 11.9 Å². The Morgan fingerprint density at radius 2 is 1.96 bits per heavy atom. The van der Waals surface area contributed by atoms with Gasteiger partial charge in [-0.25, -0.2) is 4.79 Å². The number of carbonyl (C=O) groups is 1. The zero-order valence-electron chi connectivity index (χ0n) is 11.7. The molecule has 124 valence electrons. The number of benzene rings is 1. The molecule has 1 aromatic carbocycles. The lowest BCUT2D eigenvalue weighted by Crippen LogP contribution is -2.30. The summed E-state index contributed by atoms with van der Waals surface area (Å²) < 4.78 is 37.0. The third-order valence-corrected chi connectivity index (χ3v) is 3.66. The van der Waals surface area contributed by atoms with Gasteiger partial charge in [0, 0.05) is 6.54 Å². The summed E-state index contributed by atoms with van der Waals surface area (Å²) in [7, 11) is 0. The molecule has 2 amide bonds. The first-order valence-corrected chi connectivity index (χ1v) is 7.36. The van der Waals surface area contributed by atoms with Crippen LogP contribution in [0.15, 0.2) is 30.3 Å². The summed E-state index contributed by atoms with van der Waals surface area (Å²) in [6.07, 6.45) is -5.07. The lowest BCUT2D eigenvalue weighted by molar-refractivity contribution is -0.138. The number of aliphatic hydroxyl groups is 1. The second-order valence-electron chi connectivity index (χ2n) is 4.51. The number of rotatable bonds is 5. The summed E-state index contributed by atoms with van der Waals surface area (Å²) in [5, 5.41) is 19.3. The van der Waals surface area contributed by atoms with Crippen LogP contribution in [0, 0.1) is 0 Å². The second kappa shape index (κ2) is 7.38. The molecule has 1 heterocycles. The number of aromatic nitrogens is 2. The quantitative estimate of drug-likeness (QED) is 0.777. The average molecular weight is 346 g/mol. The first kappa shape index (κ1) is 17.2. The predicted molar refractivity (Wildman–Crippen MR) is 78.0 cm³/mol. The fourth-order valence-corrected chi connectivity index (χ4v) is 2.30. The number of alkyl halides is 3. The van der Waals surface area contributed by atoms with Gasteiger partial charge >= 0.3 is 12.2 Å². The first-order valence-electron chi connectivity index (χ1n) is 6.55. The van der Waals surface area contributed by atoms with Gasteiger partial charge in [-0.2, -0.15) is 13.2 Å². The molecule has 0 radical (unpaired) electrons. The fraction of sp³-hybridized carbons (Fsp3) is 0.308. The first-order chi connectivity index (χ1) is 10.9. The summed E-state index contributed by atoms with van der Waals surface area (Å²) in [5.41, 5.74) is 0.716. The molecule has 3 N–H and O–H groups in total. The molecule has 0 bridgehead atoms. The molecule has 0 aliphatic carbocycles. The molecule has 10 heteroatoms. The molecule has 0 aliphatic heterocycles. The van der Waals surface area contributed by atoms with Crippen LogP contribution in [0.3, 0.4) is 0 Å². The molecule has 2 rings (SSSR count). The van der Waals surface area contributed by atoms with Crippen molar-refractivity contribution in [1.82, 2.24) is 15.5 Å². The summed E-state index contributed by atoms with van der Waals surface area (Å²) in [6.45, 7) is 0.146. The van der Waals surface area contributed by atoms with E-state index in [4.69, 9.17) is 0 Å². The highest BCUT2D eigenvalue weighted by molar-refractivity contribution is 7.15. The van der Waals surface area contributed by atoms with E-state index in [1.165, 1.54) is 0 Å². The molecular weight excluding hydrogens is 333 g/mol. The summed E-state index contributed by atoms with van der Waals surface area (Å²) in [4.78, 5) is 11.5. The molecular formula is C13H13F3N4O2S. The molecule has 0 saturated heterocycles. The molecule has 0 aliphatic rings. The van der Waals surface area contributed by atoms with Crippen LogP contribution in [0.4, 0.5) is 23.1 Å². The van der Waals surface area contributed by atoms with Gasteiger partial charge in [0.1, 0.15) is 0 Å². The summed E-state index contributed by atoms with van der Waals surface area (Å²) >= 11 is 0.236. The van der Waals surface area contributed by atoms with Crippen LogP contribution in [0.2, 0.25) is 0 Å². The third kappa shape index (κ3) is 5.18. The Morgan fingerprint density at radius 3 is 2.57 bits per heavy atom. The van der Waals surface area contributed by atoms with Gasteiger partial charge < -0.3 is 10.4 Å². The Labute approximate surface area is 133 Å². The van der Waals surface area contributed by atoms with E-state index in [0.29, 0.717) is 5.56 Å². The zero-order valence-corrected chi connectivity index (χ0v) is 12.5. The molecule has 23 heavy (non-hydrogen) atoms. The van der Waals surface area contributed by atoms with Crippen molar-refractivity contribution in [2.45, 2.75) is 18.7 Å². The summed E-state index contributed by atoms with van der Waals surface area (Å²) in [5.74, 6) is 0. The predicted octanol–water partition coefficient (Wildman–Crippen LogP) is 2.80. The van der Waals surface area contributed by atoms with E-state index in [-0.39, 0.29) is 29.4 Å². The van der Waals surface area contributed by atoms with Crippen molar-refractivity contribution >= 4 is 22.5 Å². The maximum Gasteiger partial charge on any atom is 0.445 e. The number of carbonyl (C=O) groups excluding carboxylic acids is 1. The SMILES string of the molecule is O=C(NCCC(O)c1ccccc1)Nc1nnc(C(F)(F)F)s1. The number of halogens is 3. The number of hydrogen-bond acceptors (Lipinski definition) is 5. The van der Waals surface area contributed by atoms with E-state index in [9.17, 15) is 23.1 Å². The Balaban J connectivity index is 1.76. The van der Waals surface area contributed by atoms with E-state index in [1.807, 2.05) is 6.07 Å². The maximum absolute atomic E-state index is 12.3. The Morgan fingerprint density at radius 1 is 1.26 bits per heavy atom. The molecule has 0 spiro atoms. The second-order valence-corrected chi connectivity index (χ2v) is 5.48. The highest BCUT2D eigenvalue weighted by Crippen LogP contribution is 2.32. The maximum atomic E-state index is 12.3. The van der Waals surface area contributed by atoms with Crippen molar-refractivity contribution in [1.29, 1.82) is 0 Å². The van der Waals surface area contributed by atoms with Crippen LogP contribution in [0.5, 0.6) is 0 Å². The highest BCUT2D eigenvalue weighted by Gasteiger charge is 2.35. The Bertz CT molecular complexity index is 648. The molecule has 1 atom stereocenters. The molecule has 1 unspecified atom stereocenters. The normalized spacial score (nSPS) is 12.7. The van der Waals surface area contributed by atoms with Crippen molar-refractivity contribution in [3.05, 3.63) is 40.9 Å². The summed E-state index contributed by atoms with van der Waals surface area (Å²) in [6, 6.07) is 8.18.